The van der Waals surface area contributed by atoms with Crippen molar-refractivity contribution in [2.45, 2.75) is 53.5 Å². The lowest BCUT2D eigenvalue weighted by Crippen LogP contribution is -2.29. The predicted molar refractivity (Wildman–Crippen MR) is 138 cm³/mol. The van der Waals surface area contributed by atoms with Crippen molar-refractivity contribution in [1.29, 1.82) is 0 Å². The van der Waals surface area contributed by atoms with Crippen molar-refractivity contribution in [3.8, 4) is 0 Å². The van der Waals surface area contributed by atoms with Crippen LogP contribution in [0.4, 0.5) is 5.13 Å². The molecule has 0 saturated carbocycles. The zero-order valence-corrected chi connectivity index (χ0v) is 21.5. The first-order valence-corrected chi connectivity index (χ1v) is 12.3. The maximum absolute atomic E-state index is 13.4. The highest BCUT2D eigenvalue weighted by Gasteiger charge is 2.48. The van der Waals surface area contributed by atoms with Gasteiger partial charge in [-0.25, -0.2) is 4.98 Å². The highest BCUT2D eigenvalue weighted by Crippen LogP contribution is 2.44. The van der Waals surface area contributed by atoms with Crippen molar-refractivity contribution in [3.05, 3.63) is 86.4 Å². The van der Waals surface area contributed by atoms with Gasteiger partial charge in [-0.1, -0.05) is 67.1 Å². The molecule has 4 rings (SSSR count). The first-order chi connectivity index (χ1) is 16.5. The van der Waals surface area contributed by atoms with Crippen molar-refractivity contribution in [1.82, 2.24) is 4.98 Å². The fourth-order valence-electron chi connectivity index (χ4n) is 4.36. The monoisotopic (exact) mass is 488 g/mol. The number of nitrogens with zero attached hydrogens (tertiary/aromatic N) is 2. The Morgan fingerprint density at radius 1 is 1.06 bits per heavy atom. The van der Waals surface area contributed by atoms with Crippen LogP contribution >= 0.6 is 11.3 Å². The standard InChI is InChI=1S/C28H28N2O4S/c1-14(2)19-9-11-20(12-10-19)23-22(24(32)21-13-15(3)7-8-16(21)4)25(33)27(34)30(23)28-29-17(5)26(35-28)18(6)31/h7-14,23,32H,1-6H3. The summed E-state index contributed by atoms with van der Waals surface area (Å²) in [6.45, 7) is 11.1. The number of aromatic nitrogens is 1. The SMILES string of the molecule is CC(=O)c1sc(N2C(=O)C(=O)C(=C(O)c3cc(C)ccc3C)C2c2ccc(C(C)C)cc2)nc1C. The molecule has 1 amide bonds. The molecule has 0 spiro atoms. The molecule has 2 heterocycles. The maximum atomic E-state index is 13.4. The molecule has 0 radical (unpaired) electrons. The fourth-order valence-corrected chi connectivity index (χ4v) is 5.35. The third-order valence-electron chi connectivity index (χ3n) is 6.32. The minimum Gasteiger partial charge on any atom is -0.507 e. The second-order valence-electron chi connectivity index (χ2n) is 9.28. The summed E-state index contributed by atoms with van der Waals surface area (Å²) in [4.78, 5) is 45.0. The van der Waals surface area contributed by atoms with E-state index in [1.165, 1.54) is 11.8 Å². The Morgan fingerprint density at radius 3 is 2.29 bits per heavy atom. The molecule has 1 aliphatic heterocycles. The van der Waals surface area contributed by atoms with Gasteiger partial charge in [0.05, 0.1) is 22.2 Å². The molecule has 3 aromatic rings. The van der Waals surface area contributed by atoms with Gasteiger partial charge in [0.1, 0.15) is 5.76 Å². The number of hydrogen-bond donors (Lipinski definition) is 1. The van der Waals surface area contributed by atoms with Crippen LogP contribution in [-0.2, 0) is 9.59 Å². The zero-order chi connectivity index (χ0) is 25.6. The van der Waals surface area contributed by atoms with Gasteiger partial charge in [-0.3, -0.25) is 19.3 Å². The number of carbonyl (C=O) groups is 3. The van der Waals surface area contributed by atoms with Crippen molar-refractivity contribution >= 4 is 39.7 Å². The van der Waals surface area contributed by atoms with Crippen LogP contribution in [0.15, 0.2) is 48.0 Å². The third kappa shape index (κ3) is 4.32. The van der Waals surface area contributed by atoms with E-state index in [4.69, 9.17) is 0 Å². The van der Waals surface area contributed by atoms with Gasteiger partial charge in [0.15, 0.2) is 10.9 Å². The van der Waals surface area contributed by atoms with Gasteiger partial charge in [-0.05, 0) is 49.4 Å². The van der Waals surface area contributed by atoms with E-state index >= 15 is 0 Å². The van der Waals surface area contributed by atoms with E-state index in [9.17, 15) is 19.5 Å². The topological polar surface area (TPSA) is 87.6 Å². The molecule has 1 unspecified atom stereocenters. The third-order valence-corrected chi connectivity index (χ3v) is 7.58. The average Bonchev–Trinajstić information content (AvgIpc) is 3.32. The van der Waals surface area contributed by atoms with Gasteiger partial charge < -0.3 is 5.11 Å². The van der Waals surface area contributed by atoms with Crippen LogP contribution in [0.2, 0.25) is 0 Å². The van der Waals surface area contributed by atoms with E-state index in [2.05, 4.69) is 18.8 Å². The summed E-state index contributed by atoms with van der Waals surface area (Å²) in [5.74, 6) is -1.62. The zero-order valence-electron chi connectivity index (χ0n) is 20.7. The summed E-state index contributed by atoms with van der Waals surface area (Å²) in [5.41, 5.74) is 4.53. The molecule has 1 aliphatic rings. The Labute approximate surface area is 208 Å². The molecule has 1 atom stereocenters. The predicted octanol–water partition coefficient (Wildman–Crippen LogP) is 6.02. The van der Waals surface area contributed by atoms with Gasteiger partial charge >= 0.3 is 5.91 Å². The van der Waals surface area contributed by atoms with E-state index in [1.807, 2.05) is 50.2 Å². The summed E-state index contributed by atoms with van der Waals surface area (Å²) in [5, 5.41) is 11.7. The highest BCUT2D eigenvalue weighted by atomic mass is 32.1. The molecule has 7 heteroatoms. The molecular weight excluding hydrogens is 460 g/mol. The number of hydrogen-bond acceptors (Lipinski definition) is 6. The number of thiazole rings is 1. The number of benzene rings is 2. The lowest BCUT2D eigenvalue weighted by molar-refractivity contribution is -0.132. The summed E-state index contributed by atoms with van der Waals surface area (Å²) < 4.78 is 0. The molecule has 2 aromatic carbocycles. The Kier molecular flexibility index (Phi) is 6.47. The molecule has 35 heavy (non-hydrogen) atoms. The van der Waals surface area contributed by atoms with E-state index in [1.54, 1.807) is 13.0 Å². The van der Waals surface area contributed by atoms with E-state index < -0.39 is 17.7 Å². The second-order valence-corrected chi connectivity index (χ2v) is 10.3. The van der Waals surface area contributed by atoms with E-state index in [0.717, 1.165) is 28.0 Å². The molecule has 6 nitrogen and oxygen atoms in total. The number of ketones is 2. The van der Waals surface area contributed by atoms with Crippen LogP contribution in [0.1, 0.15) is 75.9 Å². The fraction of sp³-hybridized carbons (Fsp3) is 0.286. The van der Waals surface area contributed by atoms with E-state index in [-0.39, 0.29) is 22.2 Å². The quantitative estimate of drug-likeness (QED) is 0.205. The normalized spacial score (nSPS) is 17.5. The molecule has 1 aromatic heterocycles. The van der Waals surface area contributed by atoms with Gasteiger partial charge in [0, 0.05) is 12.5 Å². The van der Waals surface area contributed by atoms with Gasteiger partial charge in [0.25, 0.3) is 5.78 Å². The first-order valence-electron chi connectivity index (χ1n) is 11.5. The molecular formula is C28H28N2O4S. The van der Waals surface area contributed by atoms with Crippen LogP contribution in [0.25, 0.3) is 5.76 Å². The molecule has 1 saturated heterocycles. The van der Waals surface area contributed by atoms with Crippen LogP contribution in [0, 0.1) is 20.8 Å². The van der Waals surface area contributed by atoms with Gasteiger partial charge in [-0.2, -0.15) is 0 Å². The number of carbonyl (C=O) groups excluding carboxylic acids is 3. The van der Waals surface area contributed by atoms with Crippen molar-refractivity contribution in [2.24, 2.45) is 0 Å². The number of aliphatic hydroxyl groups is 1. The molecule has 0 aliphatic carbocycles. The molecule has 1 N–H and O–H groups in total. The van der Waals surface area contributed by atoms with Crippen LogP contribution in [0.3, 0.4) is 0 Å². The van der Waals surface area contributed by atoms with E-state index in [0.29, 0.717) is 27.6 Å². The minimum atomic E-state index is -0.874. The number of Topliss-reactive ketones (excluding diaryl/α,β-unsaturated/α-hetero) is 2. The van der Waals surface area contributed by atoms with Crippen LogP contribution < -0.4 is 4.90 Å². The number of anilines is 1. The summed E-state index contributed by atoms with van der Waals surface area (Å²) in [6, 6.07) is 12.4. The first kappa shape index (κ1) is 24.5. The lowest BCUT2D eigenvalue weighted by Gasteiger charge is -2.23. The Hall–Kier alpha value is -3.58. The summed E-state index contributed by atoms with van der Waals surface area (Å²) in [6.07, 6.45) is 0. The number of rotatable bonds is 5. The lowest BCUT2D eigenvalue weighted by atomic mass is 9.92. The number of aryl methyl sites for hydroxylation is 3. The molecule has 0 bridgehead atoms. The molecule has 1 fully saturated rings. The van der Waals surface area contributed by atoms with Crippen molar-refractivity contribution in [3.63, 3.8) is 0 Å². The molecule has 180 valence electrons. The Bertz CT molecular complexity index is 1380. The Morgan fingerprint density at radius 2 is 1.71 bits per heavy atom. The maximum Gasteiger partial charge on any atom is 0.301 e. The van der Waals surface area contributed by atoms with Gasteiger partial charge in [0.2, 0.25) is 0 Å². The summed E-state index contributed by atoms with van der Waals surface area (Å²) in [7, 11) is 0. The van der Waals surface area contributed by atoms with Crippen LogP contribution in [0.5, 0.6) is 0 Å². The summed E-state index contributed by atoms with van der Waals surface area (Å²) >= 11 is 1.08. The minimum absolute atomic E-state index is 0.0122. The smallest absolute Gasteiger partial charge is 0.301 e. The number of aliphatic hydroxyl groups excluding tert-OH is 1. The Balaban J connectivity index is 1.97. The largest absolute Gasteiger partial charge is 0.507 e. The average molecular weight is 489 g/mol. The highest BCUT2D eigenvalue weighted by molar-refractivity contribution is 7.18. The van der Waals surface area contributed by atoms with Gasteiger partial charge in [-0.15, -0.1) is 0 Å². The van der Waals surface area contributed by atoms with Crippen LogP contribution in [-0.4, -0.2) is 27.6 Å². The van der Waals surface area contributed by atoms with Crippen molar-refractivity contribution in [2.75, 3.05) is 4.90 Å². The second kappa shape index (κ2) is 9.23. The number of amides is 1. The van der Waals surface area contributed by atoms with Crippen molar-refractivity contribution < 1.29 is 19.5 Å².